The van der Waals surface area contributed by atoms with Crippen molar-refractivity contribution in [3.05, 3.63) is 10.6 Å². The Morgan fingerprint density at radius 3 is 2.57 bits per heavy atom. The normalized spacial score (nSPS) is 27.3. The SMILES string of the molecule is Cc1nc(N2CC(C)C(N)C2)sc1C. The van der Waals surface area contributed by atoms with E-state index in [0.717, 1.165) is 23.9 Å². The summed E-state index contributed by atoms with van der Waals surface area (Å²) in [5.41, 5.74) is 7.14. The molecule has 2 heterocycles. The van der Waals surface area contributed by atoms with Gasteiger partial charge in [-0.2, -0.15) is 0 Å². The molecule has 1 aliphatic rings. The van der Waals surface area contributed by atoms with E-state index >= 15 is 0 Å². The van der Waals surface area contributed by atoms with Gasteiger partial charge in [-0.3, -0.25) is 0 Å². The van der Waals surface area contributed by atoms with Gasteiger partial charge in [-0.1, -0.05) is 6.92 Å². The molecule has 1 aromatic rings. The molecule has 0 amide bonds. The summed E-state index contributed by atoms with van der Waals surface area (Å²) in [6.07, 6.45) is 0. The highest BCUT2D eigenvalue weighted by Crippen LogP contribution is 2.29. The highest BCUT2D eigenvalue weighted by atomic mass is 32.1. The van der Waals surface area contributed by atoms with E-state index in [1.807, 2.05) is 0 Å². The number of hydrogen-bond acceptors (Lipinski definition) is 4. The number of nitrogens with two attached hydrogens (primary N) is 1. The zero-order valence-corrected chi connectivity index (χ0v) is 9.77. The Labute approximate surface area is 88.9 Å². The van der Waals surface area contributed by atoms with E-state index in [0.29, 0.717) is 12.0 Å². The third-order valence-corrected chi connectivity index (χ3v) is 4.09. The molecule has 4 heteroatoms. The minimum absolute atomic E-state index is 0.305. The van der Waals surface area contributed by atoms with Crippen molar-refractivity contribution >= 4 is 16.5 Å². The topological polar surface area (TPSA) is 42.2 Å². The molecule has 0 aromatic carbocycles. The summed E-state index contributed by atoms with van der Waals surface area (Å²) in [7, 11) is 0. The van der Waals surface area contributed by atoms with E-state index in [4.69, 9.17) is 5.73 Å². The van der Waals surface area contributed by atoms with Gasteiger partial charge in [-0.15, -0.1) is 11.3 Å². The van der Waals surface area contributed by atoms with Crippen molar-refractivity contribution in [1.82, 2.24) is 4.98 Å². The Bertz CT molecular complexity index is 305. The van der Waals surface area contributed by atoms with Gasteiger partial charge >= 0.3 is 0 Å². The van der Waals surface area contributed by atoms with Gasteiger partial charge in [-0.05, 0) is 19.8 Å². The van der Waals surface area contributed by atoms with Gasteiger partial charge in [-0.25, -0.2) is 4.98 Å². The van der Waals surface area contributed by atoms with Crippen LogP contribution in [0.15, 0.2) is 0 Å². The van der Waals surface area contributed by atoms with E-state index < -0.39 is 0 Å². The van der Waals surface area contributed by atoms with Crippen LogP contribution in [0.2, 0.25) is 0 Å². The second kappa shape index (κ2) is 3.51. The van der Waals surface area contributed by atoms with E-state index in [2.05, 4.69) is 30.7 Å². The molecule has 2 rings (SSSR count). The quantitative estimate of drug-likeness (QED) is 0.766. The minimum Gasteiger partial charge on any atom is -0.346 e. The largest absolute Gasteiger partial charge is 0.346 e. The highest BCUT2D eigenvalue weighted by molar-refractivity contribution is 7.15. The maximum atomic E-state index is 5.99. The average molecular weight is 211 g/mol. The van der Waals surface area contributed by atoms with Crippen LogP contribution in [0, 0.1) is 19.8 Å². The van der Waals surface area contributed by atoms with Gasteiger partial charge in [0.2, 0.25) is 0 Å². The Hall–Kier alpha value is -0.610. The van der Waals surface area contributed by atoms with Gasteiger partial charge in [0.15, 0.2) is 5.13 Å². The lowest BCUT2D eigenvalue weighted by molar-refractivity contribution is 0.566. The standard InChI is InChI=1S/C10H17N3S/c1-6-4-13(5-9(6)11)10-12-7(2)8(3)14-10/h6,9H,4-5,11H2,1-3H3. The fourth-order valence-corrected chi connectivity index (χ4v) is 2.67. The Balaban J connectivity index is 2.17. The van der Waals surface area contributed by atoms with Crippen LogP contribution in [0.4, 0.5) is 5.13 Å². The second-order valence-electron chi connectivity index (χ2n) is 4.18. The number of thiazole rings is 1. The predicted octanol–water partition coefficient (Wildman–Crippen LogP) is 1.54. The van der Waals surface area contributed by atoms with Crippen molar-refractivity contribution in [2.24, 2.45) is 11.7 Å². The third kappa shape index (κ3) is 1.64. The molecule has 78 valence electrons. The molecule has 0 aliphatic carbocycles. The van der Waals surface area contributed by atoms with Crippen LogP contribution >= 0.6 is 11.3 Å². The molecular formula is C10H17N3S. The first-order valence-electron chi connectivity index (χ1n) is 5.02. The Morgan fingerprint density at radius 2 is 2.14 bits per heavy atom. The van der Waals surface area contributed by atoms with Gasteiger partial charge in [0.05, 0.1) is 5.69 Å². The molecule has 1 aliphatic heterocycles. The number of aromatic nitrogens is 1. The lowest BCUT2D eigenvalue weighted by Crippen LogP contribution is -2.28. The number of anilines is 1. The Kier molecular flexibility index (Phi) is 2.49. The van der Waals surface area contributed by atoms with Crippen molar-refractivity contribution in [3.63, 3.8) is 0 Å². The zero-order valence-electron chi connectivity index (χ0n) is 8.95. The first kappa shape index (κ1) is 9.93. The summed E-state index contributed by atoms with van der Waals surface area (Å²) in [6, 6.07) is 0.305. The van der Waals surface area contributed by atoms with Crippen LogP contribution in [0.5, 0.6) is 0 Å². The summed E-state index contributed by atoms with van der Waals surface area (Å²) in [6.45, 7) is 8.39. The molecule has 0 saturated carbocycles. The van der Waals surface area contributed by atoms with Gasteiger partial charge in [0, 0.05) is 24.0 Å². The van der Waals surface area contributed by atoms with Crippen LogP contribution in [-0.2, 0) is 0 Å². The van der Waals surface area contributed by atoms with Crippen molar-refractivity contribution in [2.75, 3.05) is 18.0 Å². The fourth-order valence-electron chi connectivity index (χ4n) is 1.74. The predicted molar refractivity (Wildman–Crippen MR) is 60.9 cm³/mol. The second-order valence-corrected chi connectivity index (χ2v) is 5.37. The van der Waals surface area contributed by atoms with Gasteiger partial charge in [0.1, 0.15) is 0 Å². The number of aryl methyl sites for hydroxylation is 2. The Morgan fingerprint density at radius 1 is 1.43 bits per heavy atom. The van der Waals surface area contributed by atoms with Crippen LogP contribution < -0.4 is 10.6 Å². The minimum atomic E-state index is 0.305. The molecule has 1 fully saturated rings. The highest BCUT2D eigenvalue weighted by Gasteiger charge is 2.28. The van der Waals surface area contributed by atoms with E-state index in [1.165, 1.54) is 4.88 Å². The molecular weight excluding hydrogens is 194 g/mol. The summed E-state index contributed by atoms with van der Waals surface area (Å²) in [4.78, 5) is 8.17. The van der Waals surface area contributed by atoms with Crippen molar-refractivity contribution in [1.29, 1.82) is 0 Å². The molecule has 2 N–H and O–H groups in total. The molecule has 1 aromatic heterocycles. The first-order chi connectivity index (χ1) is 6.58. The molecule has 3 nitrogen and oxygen atoms in total. The van der Waals surface area contributed by atoms with Crippen molar-refractivity contribution in [2.45, 2.75) is 26.8 Å². The van der Waals surface area contributed by atoms with E-state index in [-0.39, 0.29) is 0 Å². The molecule has 0 spiro atoms. The van der Waals surface area contributed by atoms with Crippen molar-refractivity contribution in [3.8, 4) is 0 Å². The number of nitrogens with zero attached hydrogens (tertiary/aromatic N) is 2. The maximum Gasteiger partial charge on any atom is 0.185 e. The summed E-state index contributed by atoms with van der Waals surface area (Å²) >= 11 is 1.77. The molecule has 2 atom stereocenters. The molecule has 0 bridgehead atoms. The lowest BCUT2D eigenvalue weighted by atomic mass is 10.1. The van der Waals surface area contributed by atoms with E-state index in [1.54, 1.807) is 11.3 Å². The summed E-state index contributed by atoms with van der Waals surface area (Å²) in [5.74, 6) is 0.583. The molecule has 2 unspecified atom stereocenters. The van der Waals surface area contributed by atoms with Crippen molar-refractivity contribution < 1.29 is 0 Å². The third-order valence-electron chi connectivity index (χ3n) is 2.96. The average Bonchev–Trinajstić information content (AvgIpc) is 2.60. The molecule has 1 saturated heterocycles. The monoisotopic (exact) mass is 211 g/mol. The van der Waals surface area contributed by atoms with Gasteiger partial charge < -0.3 is 10.6 Å². The molecule has 0 radical (unpaired) electrons. The summed E-state index contributed by atoms with van der Waals surface area (Å²) < 4.78 is 0. The van der Waals surface area contributed by atoms with Gasteiger partial charge in [0.25, 0.3) is 0 Å². The van der Waals surface area contributed by atoms with Crippen LogP contribution in [0.25, 0.3) is 0 Å². The first-order valence-corrected chi connectivity index (χ1v) is 5.84. The molecule has 14 heavy (non-hydrogen) atoms. The number of hydrogen-bond donors (Lipinski definition) is 1. The smallest absolute Gasteiger partial charge is 0.185 e. The summed E-state index contributed by atoms with van der Waals surface area (Å²) in [5, 5.41) is 1.14. The lowest BCUT2D eigenvalue weighted by Gasteiger charge is -2.13. The fraction of sp³-hybridized carbons (Fsp3) is 0.700. The zero-order chi connectivity index (χ0) is 10.3. The van der Waals surface area contributed by atoms with Crippen LogP contribution in [0.3, 0.4) is 0 Å². The van der Waals surface area contributed by atoms with E-state index in [9.17, 15) is 0 Å². The maximum absolute atomic E-state index is 5.99. The van der Waals surface area contributed by atoms with Crippen LogP contribution in [-0.4, -0.2) is 24.1 Å². The number of rotatable bonds is 1. The van der Waals surface area contributed by atoms with Crippen LogP contribution in [0.1, 0.15) is 17.5 Å².